The molecule has 31 heavy (non-hydrogen) atoms. The summed E-state index contributed by atoms with van der Waals surface area (Å²) in [5, 5.41) is 5.55. The zero-order valence-electron chi connectivity index (χ0n) is 18.6. The second-order valence-electron chi connectivity index (χ2n) is 8.96. The molecule has 4 rings (SSSR count). The van der Waals surface area contributed by atoms with Crippen molar-refractivity contribution in [2.24, 2.45) is 11.3 Å². The number of methoxy groups -OCH3 is 1. The minimum absolute atomic E-state index is 0.203. The highest BCUT2D eigenvalue weighted by molar-refractivity contribution is 7.17. The van der Waals surface area contributed by atoms with E-state index in [1.807, 2.05) is 42.5 Å². The molecule has 4 nitrogen and oxygen atoms in total. The largest absolute Gasteiger partial charge is 0.465 e. The number of carbonyl (C=O) groups excluding carboxylic acids is 2. The standard InChI is InChI=1S/C26H29NO3S/c1-5-26(2,3)17-13-14-20-21(15-17)31-24(22(20)25(29)30-4)27-23(28)19-12-8-10-16-9-6-7-11-18(16)19/h6-12,17H,5,13-15H2,1-4H3,(H,27,28). The van der Waals surface area contributed by atoms with Gasteiger partial charge in [0.2, 0.25) is 0 Å². The van der Waals surface area contributed by atoms with Crippen LogP contribution in [0.3, 0.4) is 0 Å². The number of fused-ring (bicyclic) bond motifs is 2. The Kier molecular flexibility index (Phi) is 5.89. The van der Waals surface area contributed by atoms with Crippen LogP contribution >= 0.6 is 11.3 Å². The number of benzene rings is 2. The third-order valence-electron chi connectivity index (χ3n) is 6.93. The maximum atomic E-state index is 13.2. The van der Waals surface area contributed by atoms with E-state index in [-0.39, 0.29) is 17.3 Å². The number of amides is 1. The highest BCUT2D eigenvalue weighted by Gasteiger charge is 2.35. The van der Waals surface area contributed by atoms with Gasteiger partial charge in [0, 0.05) is 10.4 Å². The Balaban J connectivity index is 1.70. The Hall–Kier alpha value is -2.66. The van der Waals surface area contributed by atoms with Crippen molar-refractivity contribution in [2.45, 2.75) is 46.5 Å². The zero-order chi connectivity index (χ0) is 22.2. The van der Waals surface area contributed by atoms with Crippen molar-refractivity contribution in [1.29, 1.82) is 0 Å². The van der Waals surface area contributed by atoms with Crippen molar-refractivity contribution >= 4 is 39.0 Å². The summed E-state index contributed by atoms with van der Waals surface area (Å²) < 4.78 is 5.09. The number of esters is 1. The Morgan fingerprint density at radius 1 is 1.16 bits per heavy atom. The fraction of sp³-hybridized carbons (Fsp3) is 0.385. The van der Waals surface area contributed by atoms with E-state index in [0.717, 1.165) is 42.0 Å². The van der Waals surface area contributed by atoms with Gasteiger partial charge < -0.3 is 10.1 Å². The minimum Gasteiger partial charge on any atom is -0.465 e. The van der Waals surface area contributed by atoms with Crippen LogP contribution < -0.4 is 5.32 Å². The smallest absolute Gasteiger partial charge is 0.341 e. The molecule has 0 fully saturated rings. The Labute approximate surface area is 187 Å². The van der Waals surface area contributed by atoms with E-state index in [4.69, 9.17) is 4.74 Å². The number of anilines is 1. The number of nitrogens with one attached hydrogen (secondary N) is 1. The van der Waals surface area contributed by atoms with E-state index in [9.17, 15) is 9.59 Å². The first-order valence-electron chi connectivity index (χ1n) is 10.9. The highest BCUT2D eigenvalue weighted by Crippen LogP contribution is 2.45. The highest BCUT2D eigenvalue weighted by atomic mass is 32.1. The van der Waals surface area contributed by atoms with Gasteiger partial charge in [0.05, 0.1) is 12.7 Å². The normalized spacial score (nSPS) is 16.1. The monoisotopic (exact) mass is 435 g/mol. The van der Waals surface area contributed by atoms with E-state index < -0.39 is 0 Å². The van der Waals surface area contributed by atoms with Crippen LogP contribution in [-0.2, 0) is 17.6 Å². The second-order valence-corrected chi connectivity index (χ2v) is 10.1. The van der Waals surface area contributed by atoms with Gasteiger partial charge in [-0.1, -0.05) is 63.6 Å². The number of carbonyl (C=O) groups is 2. The van der Waals surface area contributed by atoms with Gasteiger partial charge >= 0.3 is 5.97 Å². The summed E-state index contributed by atoms with van der Waals surface area (Å²) in [6.07, 6.45) is 3.95. The molecule has 1 aromatic heterocycles. The molecule has 2 aromatic carbocycles. The van der Waals surface area contributed by atoms with E-state index in [1.54, 1.807) is 0 Å². The molecule has 5 heteroatoms. The van der Waals surface area contributed by atoms with Crippen LogP contribution in [0.2, 0.25) is 0 Å². The molecule has 1 amide bonds. The van der Waals surface area contributed by atoms with Gasteiger partial charge in [-0.15, -0.1) is 11.3 Å². The van der Waals surface area contributed by atoms with Gasteiger partial charge in [0.15, 0.2) is 0 Å². The lowest BCUT2D eigenvalue weighted by Crippen LogP contribution is -2.28. The molecule has 1 unspecified atom stereocenters. The molecular formula is C26H29NO3S. The predicted octanol–water partition coefficient (Wildman–Crippen LogP) is 6.48. The fourth-order valence-corrected chi connectivity index (χ4v) is 5.85. The van der Waals surface area contributed by atoms with Gasteiger partial charge in [-0.05, 0) is 53.0 Å². The summed E-state index contributed by atoms with van der Waals surface area (Å²) >= 11 is 1.53. The van der Waals surface area contributed by atoms with Crippen LogP contribution in [0.4, 0.5) is 5.00 Å². The van der Waals surface area contributed by atoms with Crippen LogP contribution in [0.15, 0.2) is 42.5 Å². The molecule has 1 aliphatic rings. The van der Waals surface area contributed by atoms with Gasteiger partial charge in [-0.25, -0.2) is 4.79 Å². The molecule has 0 saturated carbocycles. The van der Waals surface area contributed by atoms with E-state index in [0.29, 0.717) is 22.0 Å². The molecule has 1 aliphatic carbocycles. The Morgan fingerprint density at radius 2 is 1.90 bits per heavy atom. The summed E-state index contributed by atoms with van der Waals surface area (Å²) in [5.74, 6) is -0.0133. The average Bonchev–Trinajstić information content (AvgIpc) is 3.15. The molecule has 0 spiro atoms. The van der Waals surface area contributed by atoms with E-state index >= 15 is 0 Å². The summed E-state index contributed by atoms with van der Waals surface area (Å²) in [6, 6.07) is 13.5. The summed E-state index contributed by atoms with van der Waals surface area (Å²) in [5.41, 5.74) is 2.43. The lowest BCUT2D eigenvalue weighted by atomic mass is 9.69. The lowest BCUT2D eigenvalue weighted by Gasteiger charge is -2.36. The molecular weight excluding hydrogens is 406 g/mol. The number of rotatable bonds is 5. The summed E-state index contributed by atoms with van der Waals surface area (Å²) in [7, 11) is 1.40. The molecule has 1 N–H and O–H groups in total. The maximum absolute atomic E-state index is 13.2. The molecule has 1 atom stereocenters. The Bertz CT molecular complexity index is 1140. The van der Waals surface area contributed by atoms with Crippen molar-refractivity contribution in [3.63, 3.8) is 0 Å². The topological polar surface area (TPSA) is 55.4 Å². The van der Waals surface area contributed by atoms with Crippen LogP contribution in [0, 0.1) is 11.3 Å². The zero-order valence-corrected chi connectivity index (χ0v) is 19.4. The second kappa shape index (κ2) is 8.46. The van der Waals surface area contributed by atoms with E-state index in [2.05, 4.69) is 26.1 Å². The summed E-state index contributed by atoms with van der Waals surface area (Å²) in [4.78, 5) is 27.1. The summed E-state index contributed by atoms with van der Waals surface area (Å²) in [6.45, 7) is 6.88. The predicted molar refractivity (Wildman–Crippen MR) is 127 cm³/mol. The minimum atomic E-state index is -0.376. The van der Waals surface area contributed by atoms with Crippen molar-refractivity contribution in [1.82, 2.24) is 0 Å². The molecule has 162 valence electrons. The first-order valence-corrected chi connectivity index (χ1v) is 11.7. The Morgan fingerprint density at radius 3 is 2.65 bits per heavy atom. The number of hydrogen-bond acceptors (Lipinski definition) is 4. The van der Waals surface area contributed by atoms with Crippen molar-refractivity contribution < 1.29 is 14.3 Å². The van der Waals surface area contributed by atoms with Gasteiger partial charge in [-0.3, -0.25) is 4.79 Å². The average molecular weight is 436 g/mol. The van der Waals surface area contributed by atoms with Crippen molar-refractivity contribution in [3.8, 4) is 0 Å². The molecule has 1 heterocycles. The molecule has 0 aliphatic heterocycles. The number of hydrogen-bond donors (Lipinski definition) is 1. The number of thiophene rings is 1. The molecule has 3 aromatic rings. The molecule has 0 saturated heterocycles. The van der Waals surface area contributed by atoms with E-state index in [1.165, 1.54) is 23.3 Å². The first-order chi connectivity index (χ1) is 14.9. The fourth-order valence-electron chi connectivity index (χ4n) is 4.54. The van der Waals surface area contributed by atoms with Crippen molar-refractivity contribution in [3.05, 3.63) is 64.0 Å². The van der Waals surface area contributed by atoms with Crippen LogP contribution in [0.5, 0.6) is 0 Å². The van der Waals surface area contributed by atoms with Crippen LogP contribution in [-0.4, -0.2) is 19.0 Å². The third-order valence-corrected chi connectivity index (χ3v) is 8.10. The lowest BCUT2D eigenvalue weighted by molar-refractivity contribution is 0.0600. The van der Waals surface area contributed by atoms with Gasteiger partial charge in [-0.2, -0.15) is 0 Å². The first kappa shape index (κ1) is 21.6. The molecule has 0 bridgehead atoms. The maximum Gasteiger partial charge on any atom is 0.341 e. The SMILES string of the molecule is CCC(C)(C)C1CCc2c(sc(NC(=O)c3cccc4ccccc34)c2C(=O)OC)C1. The quantitative estimate of drug-likeness (QED) is 0.467. The third kappa shape index (κ3) is 3.99. The number of ether oxygens (including phenoxy) is 1. The van der Waals surface area contributed by atoms with Gasteiger partial charge in [0.1, 0.15) is 5.00 Å². The van der Waals surface area contributed by atoms with Gasteiger partial charge in [0.25, 0.3) is 5.91 Å². The van der Waals surface area contributed by atoms with Crippen LogP contribution in [0.25, 0.3) is 10.8 Å². The molecule has 0 radical (unpaired) electrons. The van der Waals surface area contributed by atoms with Crippen molar-refractivity contribution in [2.75, 3.05) is 12.4 Å². The van der Waals surface area contributed by atoms with Crippen LogP contribution in [0.1, 0.15) is 64.8 Å².